The molecule has 0 unspecified atom stereocenters. The van der Waals surface area contributed by atoms with Gasteiger partial charge in [0.1, 0.15) is 11.5 Å². The van der Waals surface area contributed by atoms with E-state index in [9.17, 15) is 4.79 Å². The minimum atomic E-state index is -0.521. The first kappa shape index (κ1) is 15.3. The van der Waals surface area contributed by atoms with Crippen LogP contribution >= 0.6 is 0 Å². The molecule has 0 aliphatic rings. The maximum Gasteiger partial charge on any atom is 0.252 e. The Bertz CT molecular complexity index is 406. The van der Waals surface area contributed by atoms with Crippen molar-refractivity contribution in [3.8, 4) is 11.5 Å². The molecular weight excluding hydrogens is 246 g/mol. The second-order valence-electron chi connectivity index (χ2n) is 4.21. The fourth-order valence-corrected chi connectivity index (χ4v) is 1.72. The fourth-order valence-electron chi connectivity index (χ4n) is 1.72. The van der Waals surface area contributed by atoms with E-state index < -0.39 is 5.91 Å². The Morgan fingerprint density at radius 2 is 2.00 bits per heavy atom. The molecule has 0 saturated heterocycles. The lowest BCUT2D eigenvalue weighted by molar-refractivity contribution is 0.0997. The summed E-state index contributed by atoms with van der Waals surface area (Å²) in [5.41, 5.74) is 5.57. The number of nitrogens with two attached hydrogens (primary N) is 1. The van der Waals surface area contributed by atoms with E-state index in [1.807, 2.05) is 0 Å². The predicted molar refractivity (Wildman–Crippen MR) is 72.6 cm³/mol. The summed E-state index contributed by atoms with van der Waals surface area (Å²) in [6, 6.07) is 4.96. The highest BCUT2D eigenvalue weighted by molar-refractivity contribution is 5.95. The summed E-state index contributed by atoms with van der Waals surface area (Å²) in [6.45, 7) is 0.844. The summed E-state index contributed by atoms with van der Waals surface area (Å²) in [5.74, 6) is 0.557. The van der Waals surface area contributed by atoms with Gasteiger partial charge in [0, 0.05) is 12.7 Å². The van der Waals surface area contributed by atoms with Crippen LogP contribution in [0.25, 0.3) is 0 Å². The molecule has 1 rings (SSSR count). The molecule has 0 aromatic heterocycles. The van der Waals surface area contributed by atoms with Crippen molar-refractivity contribution in [1.82, 2.24) is 0 Å². The van der Waals surface area contributed by atoms with E-state index >= 15 is 0 Å². The second kappa shape index (κ2) is 8.37. The molecule has 0 aliphatic heterocycles. The van der Waals surface area contributed by atoms with Gasteiger partial charge in [0.25, 0.3) is 5.91 Å². The van der Waals surface area contributed by atoms with Crippen LogP contribution in [0, 0.1) is 0 Å². The number of primary amides is 1. The van der Waals surface area contributed by atoms with Gasteiger partial charge in [0.15, 0.2) is 0 Å². The van der Waals surface area contributed by atoms with E-state index in [0.717, 1.165) is 25.7 Å². The lowest BCUT2D eigenvalue weighted by atomic mass is 10.2. The van der Waals surface area contributed by atoms with Crippen LogP contribution in [0.1, 0.15) is 36.0 Å². The summed E-state index contributed by atoms with van der Waals surface area (Å²) < 4.78 is 10.7. The van der Waals surface area contributed by atoms with Crippen LogP contribution in [-0.4, -0.2) is 31.3 Å². The lowest BCUT2D eigenvalue weighted by Crippen LogP contribution is -2.12. The molecule has 19 heavy (non-hydrogen) atoms. The van der Waals surface area contributed by atoms with Gasteiger partial charge >= 0.3 is 0 Å². The van der Waals surface area contributed by atoms with Gasteiger partial charge in [-0.1, -0.05) is 6.42 Å². The second-order valence-corrected chi connectivity index (χ2v) is 4.21. The Hall–Kier alpha value is -1.75. The van der Waals surface area contributed by atoms with E-state index in [0.29, 0.717) is 23.7 Å². The molecule has 0 heterocycles. The summed E-state index contributed by atoms with van der Waals surface area (Å²) in [6.07, 6.45) is 3.79. The SMILES string of the molecule is COc1cc(OCCCCCCO)ccc1C(N)=O. The molecule has 1 aromatic carbocycles. The van der Waals surface area contributed by atoms with Gasteiger partial charge in [-0.3, -0.25) is 4.79 Å². The molecule has 0 aliphatic carbocycles. The summed E-state index contributed by atoms with van der Waals surface area (Å²) in [5, 5.41) is 8.65. The number of rotatable bonds is 9. The van der Waals surface area contributed by atoms with Gasteiger partial charge in [-0.05, 0) is 31.4 Å². The molecule has 0 bridgehead atoms. The number of unbranched alkanes of at least 4 members (excludes halogenated alkanes) is 3. The Kier molecular flexibility index (Phi) is 6.74. The van der Waals surface area contributed by atoms with Crippen LogP contribution < -0.4 is 15.2 Å². The van der Waals surface area contributed by atoms with Gasteiger partial charge in [-0.2, -0.15) is 0 Å². The number of carbonyl (C=O) groups excluding carboxylic acids is 1. The molecule has 0 fully saturated rings. The summed E-state index contributed by atoms with van der Waals surface area (Å²) >= 11 is 0. The molecule has 5 heteroatoms. The van der Waals surface area contributed by atoms with Gasteiger partial charge in [0.05, 0.1) is 19.3 Å². The molecular formula is C14H21NO4. The maximum absolute atomic E-state index is 11.1. The molecule has 0 saturated carbocycles. The van der Waals surface area contributed by atoms with Gasteiger partial charge in [0.2, 0.25) is 0 Å². The highest BCUT2D eigenvalue weighted by atomic mass is 16.5. The quantitative estimate of drug-likeness (QED) is 0.667. The number of amides is 1. The fraction of sp³-hybridized carbons (Fsp3) is 0.500. The van der Waals surface area contributed by atoms with Crippen LogP contribution in [0.3, 0.4) is 0 Å². The predicted octanol–water partition coefficient (Wildman–Crippen LogP) is 1.73. The van der Waals surface area contributed by atoms with Crippen molar-refractivity contribution >= 4 is 5.91 Å². The topological polar surface area (TPSA) is 81.8 Å². The summed E-state index contributed by atoms with van der Waals surface area (Å²) in [7, 11) is 1.49. The largest absolute Gasteiger partial charge is 0.496 e. The first-order valence-electron chi connectivity index (χ1n) is 6.40. The van der Waals surface area contributed by atoms with Gasteiger partial charge in [-0.25, -0.2) is 0 Å². The molecule has 1 aromatic rings. The summed E-state index contributed by atoms with van der Waals surface area (Å²) in [4.78, 5) is 11.1. The Morgan fingerprint density at radius 3 is 2.63 bits per heavy atom. The average Bonchev–Trinajstić information content (AvgIpc) is 2.42. The van der Waals surface area contributed by atoms with E-state index in [2.05, 4.69) is 0 Å². The molecule has 3 N–H and O–H groups in total. The number of ether oxygens (including phenoxy) is 2. The number of benzene rings is 1. The van der Waals surface area contributed by atoms with Gasteiger partial charge < -0.3 is 20.3 Å². The zero-order valence-corrected chi connectivity index (χ0v) is 11.2. The molecule has 0 radical (unpaired) electrons. The standard InChI is InChI=1S/C14H21NO4/c1-18-13-10-11(6-7-12(13)14(15)17)19-9-5-3-2-4-8-16/h6-7,10,16H,2-5,8-9H2,1H3,(H2,15,17). The van der Waals surface area contributed by atoms with Gasteiger partial charge in [-0.15, -0.1) is 0 Å². The Balaban J connectivity index is 2.44. The zero-order valence-electron chi connectivity index (χ0n) is 11.2. The van der Waals surface area contributed by atoms with Crippen LogP contribution in [0.4, 0.5) is 0 Å². The molecule has 0 atom stereocenters. The third-order valence-electron chi connectivity index (χ3n) is 2.76. The number of hydrogen-bond donors (Lipinski definition) is 2. The third-order valence-corrected chi connectivity index (χ3v) is 2.76. The number of methoxy groups -OCH3 is 1. The monoisotopic (exact) mass is 267 g/mol. The minimum absolute atomic E-state index is 0.243. The van der Waals surface area contributed by atoms with Crippen molar-refractivity contribution in [1.29, 1.82) is 0 Å². The maximum atomic E-state index is 11.1. The van der Waals surface area contributed by atoms with Crippen molar-refractivity contribution in [3.63, 3.8) is 0 Å². The highest BCUT2D eigenvalue weighted by Crippen LogP contribution is 2.24. The average molecular weight is 267 g/mol. The number of aliphatic hydroxyl groups is 1. The smallest absolute Gasteiger partial charge is 0.252 e. The first-order valence-corrected chi connectivity index (χ1v) is 6.40. The van der Waals surface area contributed by atoms with Crippen LogP contribution in [0.5, 0.6) is 11.5 Å². The minimum Gasteiger partial charge on any atom is -0.496 e. The highest BCUT2D eigenvalue weighted by Gasteiger charge is 2.09. The molecule has 5 nitrogen and oxygen atoms in total. The van der Waals surface area contributed by atoms with Crippen molar-refractivity contribution < 1.29 is 19.4 Å². The zero-order chi connectivity index (χ0) is 14.1. The molecule has 0 spiro atoms. The van der Waals surface area contributed by atoms with Crippen molar-refractivity contribution in [2.45, 2.75) is 25.7 Å². The normalized spacial score (nSPS) is 10.2. The number of aliphatic hydroxyl groups excluding tert-OH is 1. The van der Waals surface area contributed by atoms with Crippen molar-refractivity contribution in [3.05, 3.63) is 23.8 Å². The van der Waals surface area contributed by atoms with Crippen molar-refractivity contribution in [2.75, 3.05) is 20.3 Å². The number of hydrogen-bond acceptors (Lipinski definition) is 4. The van der Waals surface area contributed by atoms with Crippen LogP contribution in [0.15, 0.2) is 18.2 Å². The first-order chi connectivity index (χ1) is 9.19. The van der Waals surface area contributed by atoms with E-state index in [4.69, 9.17) is 20.3 Å². The van der Waals surface area contributed by atoms with Crippen molar-refractivity contribution in [2.24, 2.45) is 5.73 Å². The van der Waals surface area contributed by atoms with Crippen LogP contribution in [0.2, 0.25) is 0 Å². The molecule has 1 amide bonds. The van der Waals surface area contributed by atoms with E-state index in [-0.39, 0.29) is 6.61 Å². The van der Waals surface area contributed by atoms with Crippen LogP contribution in [-0.2, 0) is 0 Å². The van der Waals surface area contributed by atoms with E-state index in [1.54, 1.807) is 18.2 Å². The molecule has 106 valence electrons. The van der Waals surface area contributed by atoms with E-state index in [1.165, 1.54) is 7.11 Å². The number of carbonyl (C=O) groups is 1. The Morgan fingerprint density at radius 1 is 1.26 bits per heavy atom. The third kappa shape index (κ3) is 5.18. The Labute approximate surface area is 113 Å². The lowest BCUT2D eigenvalue weighted by Gasteiger charge is -2.10.